The van der Waals surface area contributed by atoms with Crippen molar-refractivity contribution in [2.75, 3.05) is 0 Å². The van der Waals surface area contributed by atoms with Crippen LogP contribution in [0.2, 0.25) is 5.02 Å². The van der Waals surface area contributed by atoms with E-state index in [4.69, 9.17) is 16.7 Å². The molecule has 0 bridgehead atoms. The molecule has 2 aromatic rings. The molecule has 1 heterocycles. The summed E-state index contributed by atoms with van der Waals surface area (Å²) in [6.45, 7) is 1.83. The van der Waals surface area contributed by atoms with E-state index in [1.165, 1.54) is 0 Å². The van der Waals surface area contributed by atoms with Gasteiger partial charge in [-0.05, 0) is 31.2 Å². The Balaban J connectivity index is 2.23. The lowest BCUT2D eigenvalue weighted by atomic mass is 10.3. The van der Waals surface area contributed by atoms with Gasteiger partial charge in [-0.1, -0.05) is 11.6 Å². The first-order chi connectivity index (χ1) is 8.56. The highest BCUT2D eigenvalue weighted by molar-refractivity contribution is 6.30. The zero-order chi connectivity index (χ0) is 13.1. The molecule has 0 unspecified atom stereocenters. The Labute approximate surface area is 109 Å². The number of aromatic nitrogens is 3. The number of carboxylic acid groups (broad SMARTS) is 1. The summed E-state index contributed by atoms with van der Waals surface area (Å²) in [5.74, 6) is 0.401. The maximum Gasteiger partial charge on any atom is 0.303 e. The summed E-state index contributed by atoms with van der Waals surface area (Å²) in [6.07, 6.45) is 0.362. The van der Waals surface area contributed by atoms with E-state index < -0.39 is 5.97 Å². The molecule has 18 heavy (non-hydrogen) atoms. The maximum absolute atomic E-state index is 10.5. The van der Waals surface area contributed by atoms with E-state index in [9.17, 15) is 4.79 Å². The first-order valence-electron chi connectivity index (χ1n) is 5.46. The zero-order valence-corrected chi connectivity index (χ0v) is 10.6. The minimum absolute atomic E-state index is 0.0318. The van der Waals surface area contributed by atoms with Crippen LogP contribution in [0.25, 0.3) is 5.69 Å². The Morgan fingerprint density at radius 1 is 1.39 bits per heavy atom. The number of hydrogen-bond donors (Lipinski definition) is 1. The number of rotatable bonds is 4. The van der Waals surface area contributed by atoms with E-state index in [1.807, 2.05) is 19.1 Å². The van der Waals surface area contributed by atoms with Crippen LogP contribution in [-0.2, 0) is 11.2 Å². The van der Waals surface area contributed by atoms with Crippen molar-refractivity contribution in [1.82, 2.24) is 14.8 Å². The van der Waals surface area contributed by atoms with Crippen molar-refractivity contribution in [3.63, 3.8) is 0 Å². The quantitative estimate of drug-likeness (QED) is 0.921. The number of nitrogens with zero attached hydrogens (tertiary/aromatic N) is 3. The lowest BCUT2D eigenvalue weighted by molar-refractivity contribution is -0.137. The molecule has 0 aliphatic heterocycles. The highest BCUT2D eigenvalue weighted by Crippen LogP contribution is 2.14. The van der Waals surface area contributed by atoms with Gasteiger partial charge in [0.05, 0.1) is 12.1 Å². The van der Waals surface area contributed by atoms with Gasteiger partial charge in [-0.15, -0.1) is 0 Å². The second-order valence-corrected chi connectivity index (χ2v) is 4.29. The molecule has 0 atom stereocenters. The van der Waals surface area contributed by atoms with E-state index >= 15 is 0 Å². The molecule has 94 valence electrons. The van der Waals surface area contributed by atoms with Crippen LogP contribution in [0.1, 0.15) is 18.1 Å². The summed E-state index contributed by atoms with van der Waals surface area (Å²) in [5.41, 5.74) is 0.853. The number of aryl methyl sites for hydroxylation is 2. The molecule has 0 radical (unpaired) electrons. The van der Waals surface area contributed by atoms with Gasteiger partial charge in [-0.2, -0.15) is 5.10 Å². The molecular formula is C12H12ClN3O2. The zero-order valence-electron chi connectivity index (χ0n) is 9.80. The fraction of sp³-hybridized carbons (Fsp3) is 0.250. The third-order valence-electron chi connectivity index (χ3n) is 2.45. The van der Waals surface area contributed by atoms with Gasteiger partial charge < -0.3 is 5.11 Å². The minimum atomic E-state index is -0.851. The van der Waals surface area contributed by atoms with E-state index in [2.05, 4.69) is 10.1 Å². The minimum Gasteiger partial charge on any atom is -0.481 e. The predicted octanol–water partition coefficient (Wildman–Crippen LogP) is 2.25. The topological polar surface area (TPSA) is 68.0 Å². The Kier molecular flexibility index (Phi) is 3.62. The monoisotopic (exact) mass is 265 g/mol. The summed E-state index contributed by atoms with van der Waals surface area (Å²) in [4.78, 5) is 14.7. The molecule has 0 fully saturated rings. The number of benzene rings is 1. The normalized spacial score (nSPS) is 10.6. The van der Waals surface area contributed by atoms with E-state index in [0.29, 0.717) is 17.3 Å². The molecule has 6 heteroatoms. The summed E-state index contributed by atoms with van der Waals surface area (Å²) in [5, 5.41) is 13.6. The van der Waals surface area contributed by atoms with Crippen LogP contribution < -0.4 is 0 Å². The summed E-state index contributed by atoms with van der Waals surface area (Å²) >= 11 is 5.82. The van der Waals surface area contributed by atoms with Gasteiger partial charge in [-0.25, -0.2) is 9.67 Å². The van der Waals surface area contributed by atoms with Gasteiger partial charge in [0.2, 0.25) is 0 Å². The van der Waals surface area contributed by atoms with Crippen LogP contribution in [0.15, 0.2) is 24.3 Å². The van der Waals surface area contributed by atoms with Crippen LogP contribution >= 0.6 is 11.6 Å². The molecule has 0 amide bonds. The number of carboxylic acids is 1. The molecule has 0 saturated carbocycles. The Morgan fingerprint density at radius 3 is 2.67 bits per heavy atom. The highest BCUT2D eigenvalue weighted by atomic mass is 35.5. The van der Waals surface area contributed by atoms with Crippen molar-refractivity contribution in [3.8, 4) is 5.69 Å². The molecular weight excluding hydrogens is 254 g/mol. The Bertz CT molecular complexity index is 563. The van der Waals surface area contributed by atoms with Crippen molar-refractivity contribution in [1.29, 1.82) is 0 Å². The Hall–Kier alpha value is -1.88. The second-order valence-electron chi connectivity index (χ2n) is 3.86. The third kappa shape index (κ3) is 2.87. The van der Waals surface area contributed by atoms with E-state index in [0.717, 1.165) is 11.5 Å². The summed E-state index contributed by atoms with van der Waals surface area (Å²) < 4.78 is 1.67. The van der Waals surface area contributed by atoms with E-state index in [-0.39, 0.29) is 6.42 Å². The summed E-state index contributed by atoms with van der Waals surface area (Å²) in [6, 6.07) is 7.22. The maximum atomic E-state index is 10.5. The van der Waals surface area contributed by atoms with Crippen molar-refractivity contribution in [3.05, 3.63) is 40.9 Å². The van der Waals surface area contributed by atoms with Crippen LogP contribution in [0.5, 0.6) is 0 Å². The highest BCUT2D eigenvalue weighted by Gasteiger charge is 2.09. The average molecular weight is 266 g/mol. The number of aliphatic carboxylic acids is 1. The first-order valence-corrected chi connectivity index (χ1v) is 5.84. The van der Waals surface area contributed by atoms with Crippen molar-refractivity contribution < 1.29 is 9.90 Å². The van der Waals surface area contributed by atoms with Gasteiger partial charge in [0.1, 0.15) is 5.82 Å². The SMILES string of the molecule is Cc1nc(CCC(=O)O)nn1-c1ccc(Cl)cc1. The fourth-order valence-electron chi connectivity index (χ4n) is 1.60. The fourth-order valence-corrected chi connectivity index (χ4v) is 1.72. The average Bonchev–Trinajstić information content (AvgIpc) is 2.69. The van der Waals surface area contributed by atoms with Gasteiger partial charge in [-0.3, -0.25) is 4.79 Å². The number of hydrogen-bond acceptors (Lipinski definition) is 3. The van der Waals surface area contributed by atoms with Crippen LogP contribution in [0.4, 0.5) is 0 Å². The molecule has 1 N–H and O–H groups in total. The van der Waals surface area contributed by atoms with Crippen LogP contribution in [0, 0.1) is 6.92 Å². The van der Waals surface area contributed by atoms with Crippen LogP contribution in [0.3, 0.4) is 0 Å². The smallest absolute Gasteiger partial charge is 0.303 e. The molecule has 0 aliphatic carbocycles. The molecule has 1 aromatic carbocycles. The predicted molar refractivity (Wildman–Crippen MR) is 67.1 cm³/mol. The van der Waals surface area contributed by atoms with Crippen molar-refractivity contribution in [2.45, 2.75) is 19.8 Å². The molecule has 0 saturated heterocycles. The number of halogens is 1. The first kappa shape index (κ1) is 12.6. The van der Waals surface area contributed by atoms with Crippen molar-refractivity contribution in [2.24, 2.45) is 0 Å². The van der Waals surface area contributed by atoms with Gasteiger partial charge in [0.25, 0.3) is 0 Å². The standard InChI is InChI=1S/C12H12ClN3O2/c1-8-14-11(6-7-12(17)18)15-16(8)10-4-2-9(13)3-5-10/h2-5H,6-7H2,1H3,(H,17,18). The van der Waals surface area contributed by atoms with Gasteiger partial charge in [0, 0.05) is 11.4 Å². The molecule has 0 aliphatic rings. The second kappa shape index (κ2) is 5.18. The lowest BCUT2D eigenvalue weighted by Crippen LogP contribution is -2.01. The van der Waals surface area contributed by atoms with E-state index in [1.54, 1.807) is 16.8 Å². The largest absolute Gasteiger partial charge is 0.481 e. The van der Waals surface area contributed by atoms with Gasteiger partial charge >= 0.3 is 5.97 Å². The Morgan fingerprint density at radius 2 is 2.06 bits per heavy atom. The van der Waals surface area contributed by atoms with Crippen LogP contribution in [-0.4, -0.2) is 25.8 Å². The van der Waals surface area contributed by atoms with Gasteiger partial charge in [0.15, 0.2) is 5.82 Å². The van der Waals surface area contributed by atoms with Crippen molar-refractivity contribution >= 4 is 17.6 Å². The molecule has 2 rings (SSSR count). The number of carbonyl (C=O) groups is 1. The molecule has 0 spiro atoms. The lowest BCUT2D eigenvalue weighted by Gasteiger charge is -2.02. The summed E-state index contributed by atoms with van der Waals surface area (Å²) in [7, 11) is 0. The molecule has 5 nitrogen and oxygen atoms in total. The molecule has 1 aromatic heterocycles. The third-order valence-corrected chi connectivity index (χ3v) is 2.70.